The molecule has 1 heterocycles. The Morgan fingerprint density at radius 3 is 2.60 bits per heavy atom. The summed E-state index contributed by atoms with van der Waals surface area (Å²) in [6.07, 6.45) is 3.26. The van der Waals surface area contributed by atoms with E-state index in [-0.39, 0.29) is 0 Å². The molecule has 2 atom stereocenters. The Kier molecular flexibility index (Phi) is 3.51. The van der Waals surface area contributed by atoms with Crippen molar-refractivity contribution in [3.05, 3.63) is 18.0 Å². The second-order valence-electron chi connectivity index (χ2n) is 3.61. The Balaban J connectivity index is 2.89. The van der Waals surface area contributed by atoms with Crippen LogP contribution in [0.15, 0.2) is 12.4 Å². The highest BCUT2D eigenvalue weighted by Gasteiger charge is 2.26. The topological polar surface area (TPSA) is 72.2 Å². The first kappa shape index (κ1) is 12.2. The van der Waals surface area contributed by atoms with E-state index in [2.05, 4.69) is 5.10 Å². The van der Waals surface area contributed by atoms with Crippen molar-refractivity contribution in [3.63, 3.8) is 0 Å². The monoisotopic (exact) mass is 232 g/mol. The molecule has 1 rings (SSSR count). The molecule has 0 aliphatic heterocycles. The van der Waals surface area contributed by atoms with Gasteiger partial charge in [0.1, 0.15) is 0 Å². The summed E-state index contributed by atoms with van der Waals surface area (Å²) in [5.74, 6) is 0. The van der Waals surface area contributed by atoms with Gasteiger partial charge in [0, 0.05) is 24.6 Å². The van der Waals surface area contributed by atoms with Gasteiger partial charge in [0.15, 0.2) is 9.84 Å². The number of hydrogen-bond acceptors (Lipinski definition) is 4. The van der Waals surface area contributed by atoms with E-state index in [0.29, 0.717) is 12.1 Å². The van der Waals surface area contributed by atoms with Crippen molar-refractivity contribution in [1.29, 1.82) is 0 Å². The first-order valence-corrected chi connectivity index (χ1v) is 6.71. The summed E-state index contributed by atoms with van der Waals surface area (Å²) in [5, 5.41) is 13.0. The number of sulfone groups is 1. The van der Waals surface area contributed by atoms with E-state index in [4.69, 9.17) is 0 Å². The van der Waals surface area contributed by atoms with Gasteiger partial charge in [0.25, 0.3) is 0 Å². The van der Waals surface area contributed by atoms with Gasteiger partial charge >= 0.3 is 0 Å². The van der Waals surface area contributed by atoms with Crippen LogP contribution in [0.1, 0.15) is 25.5 Å². The summed E-state index contributed by atoms with van der Waals surface area (Å²) in [5.41, 5.74) is 0.537. The predicted molar refractivity (Wildman–Crippen MR) is 57.2 cm³/mol. The average molecular weight is 232 g/mol. The molecule has 1 aromatic heterocycles. The van der Waals surface area contributed by atoms with Crippen LogP contribution in [0.25, 0.3) is 0 Å². The summed E-state index contributed by atoms with van der Waals surface area (Å²) in [6.45, 7) is 4.10. The van der Waals surface area contributed by atoms with Crippen molar-refractivity contribution in [3.8, 4) is 0 Å². The molecule has 6 heteroatoms. The van der Waals surface area contributed by atoms with Gasteiger partial charge in [0.05, 0.1) is 17.6 Å². The lowest BCUT2D eigenvalue weighted by Crippen LogP contribution is -2.24. The lowest BCUT2D eigenvalue weighted by atomic mass is 10.1. The Morgan fingerprint density at radius 1 is 1.60 bits per heavy atom. The van der Waals surface area contributed by atoms with Gasteiger partial charge in [-0.25, -0.2) is 8.42 Å². The minimum atomic E-state index is -3.23. The number of aliphatic hydroxyl groups is 1. The van der Waals surface area contributed by atoms with Crippen molar-refractivity contribution in [2.45, 2.75) is 31.7 Å². The highest BCUT2D eigenvalue weighted by Crippen LogP contribution is 2.20. The first-order chi connectivity index (χ1) is 6.86. The van der Waals surface area contributed by atoms with Crippen LogP contribution in [0.3, 0.4) is 0 Å². The Hall–Kier alpha value is -0.880. The summed E-state index contributed by atoms with van der Waals surface area (Å²) in [7, 11) is -3.23. The maximum atomic E-state index is 11.2. The van der Waals surface area contributed by atoms with Gasteiger partial charge in [0.2, 0.25) is 0 Å². The molecule has 0 aliphatic rings. The Labute approximate surface area is 89.6 Å². The number of aliphatic hydroxyl groups excluding tert-OH is 1. The minimum Gasteiger partial charge on any atom is -0.387 e. The largest absolute Gasteiger partial charge is 0.387 e. The van der Waals surface area contributed by atoms with E-state index in [0.717, 1.165) is 6.26 Å². The van der Waals surface area contributed by atoms with Crippen LogP contribution in [-0.2, 0) is 16.4 Å². The van der Waals surface area contributed by atoms with Crippen LogP contribution < -0.4 is 0 Å². The number of aryl methyl sites for hydroxylation is 1. The molecular weight excluding hydrogens is 216 g/mol. The zero-order valence-electron chi connectivity index (χ0n) is 9.08. The van der Waals surface area contributed by atoms with Crippen molar-refractivity contribution in [1.82, 2.24) is 9.78 Å². The van der Waals surface area contributed by atoms with Crippen molar-refractivity contribution in [2.75, 3.05) is 6.26 Å². The molecule has 0 bridgehead atoms. The molecule has 86 valence electrons. The van der Waals surface area contributed by atoms with Crippen molar-refractivity contribution < 1.29 is 13.5 Å². The molecule has 0 aliphatic carbocycles. The molecule has 0 spiro atoms. The van der Waals surface area contributed by atoms with E-state index >= 15 is 0 Å². The molecule has 1 N–H and O–H groups in total. The van der Waals surface area contributed by atoms with E-state index in [1.807, 2.05) is 6.92 Å². The number of rotatable bonds is 4. The van der Waals surface area contributed by atoms with E-state index in [9.17, 15) is 13.5 Å². The second kappa shape index (κ2) is 4.32. The van der Waals surface area contributed by atoms with Gasteiger partial charge in [-0.05, 0) is 13.8 Å². The molecular formula is C9H16N2O3S. The first-order valence-electron chi connectivity index (χ1n) is 4.75. The molecule has 0 saturated heterocycles. The number of hydrogen-bond donors (Lipinski definition) is 1. The average Bonchev–Trinajstić information content (AvgIpc) is 2.62. The molecule has 1 aromatic rings. The maximum Gasteiger partial charge on any atom is 0.152 e. The number of nitrogens with zero attached hydrogens (tertiary/aromatic N) is 2. The highest BCUT2D eigenvalue weighted by molar-refractivity contribution is 7.91. The maximum absolute atomic E-state index is 11.2. The zero-order chi connectivity index (χ0) is 11.6. The van der Waals surface area contributed by atoms with E-state index in [1.165, 1.54) is 13.1 Å². The van der Waals surface area contributed by atoms with Gasteiger partial charge in [-0.1, -0.05) is 0 Å². The van der Waals surface area contributed by atoms with Crippen LogP contribution in [0.2, 0.25) is 0 Å². The Morgan fingerprint density at radius 2 is 2.20 bits per heavy atom. The van der Waals surface area contributed by atoms with Crippen molar-refractivity contribution >= 4 is 9.84 Å². The third-order valence-corrected chi connectivity index (χ3v) is 4.05. The fourth-order valence-corrected chi connectivity index (χ4v) is 1.84. The van der Waals surface area contributed by atoms with Crippen LogP contribution in [0.5, 0.6) is 0 Å². The molecule has 0 saturated carbocycles. The highest BCUT2D eigenvalue weighted by atomic mass is 32.2. The summed E-state index contributed by atoms with van der Waals surface area (Å²) >= 11 is 0. The van der Waals surface area contributed by atoms with Crippen molar-refractivity contribution in [2.24, 2.45) is 0 Å². The minimum absolute atomic E-state index is 0.537. The smallest absolute Gasteiger partial charge is 0.152 e. The van der Waals surface area contributed by atoms with Gasteiger partial charge in [-0.2, -0.15) is 5.10 Å². The van der Waals surface area contributed by atoms with Crippen LogP contribution in [-0.4, -0.2) is 34.8 Å². The fourth-order valence-electron chi connectivity index (χ4n) is 1.21. The molecule has 0 fully saturated rings. The van der Waals surface area contributed by atoms with E-state index in [1.54, 1.807) is 10.9 Å². The SMILES string of the molecule is CCn1cc(C(O)C(C)S(C)(=O)=O)cn1. The molecule has 2 unspecified atom stereocenters. The van der Waals surface area contributed by atoms with Crippen LogP contribution in [0, 0.1) is 0 Å². The fraction of sp³-hybridized carbons (Fsp3) is 0.667. The second-order valence-corrected chi connectivity index (χ2v) is 6.01. The lowest BCUT2D eigenvalue weighted by Gasteiger charge is -2.15. The van der Waals surface area contributed by atoms with Crippen LogP contribution >= 0.6 is 0 Å². The zero-order valence-corrected chi connectivity index (χ0v) is 9.90. The molecule has 15 heavy (non-hydrogen) atoms. The van der Waals surface area contributed by atoms with Gasteiger partial charge in [-0.15, -0.1) is 0 Å². The molecule has 0 aromatic carbocycles. The standard InChI is InChI=1S/C9H16N2O3S/c1-4-11-6-8(5-10-11)9(12)7(2)15(3,13)14/h5-7,9,12H,4H2,1-3H3. The molecule has 5 nitrogen and oxygen atoms in total. The Bertz CT molecular complexity index is 424. The van der Waals surface area contributed by atoms with Gasteiger partial charge in [-0.3, -0.25) is 4.68 Å². The van der Waals surface area contributed by atoms with Crippen LogP contribution in [0.4, 0.5) is 0 Å². The molecule has 0 amide bonds. The third kappa shape index (κ3) is 2.79. The van der Waals surface area contributed by atoms with Gasteiger partial charge < -0.3 is 5.11 Å². The summed E-state index contributed by atoms with van der Waals surface area (Å²) in [6, 6.07) is 0. The third-order valence-electron chi connectivity index (χ3n) is 2.44. The lowest BCUT2D eigenvalue weighted by molar-refractivity contribution is 0.176. The predicted octanol–water partition coefficient (Wildman–Crippen LogP) is 0.370. The summed E-state index contributed by atoms with van der Waals surface area (Å²) < 4.78 is 24.1. The molecule has 0 radical (unpaired) electrons. The number of aromatic nitrogens is 2. The van der Waals surface area contributed by atoms with E-state index < -0.39 is 21.2 Å². The quantitative estimate of drug-likeness (QED) is 0.814. The normalized spacial score (nSPS) is 16.3. The summed E-state index contributed by atoms with van der Waals surface area (Å²) in [4.78, 5) is 0.